The second-order valence-corrected chi connectivity index (χ2v) is 6.07. The molecule has 0 aliphatic carbocycles. The first-order valence-corrected chi connectivity index (χ1v) is 8.35. The van der Waals surface area contributed by atoms with E-state index in [-0.39, 0.29) is 5.91 Å². The normalized spacial score (nSPS) is 10.7. The largest absolute Gasteiger partial charge is 0.457 e. The highest BCUT2D eigenvalue weighted by Gasteiger charge is 2.02. The van der Waals surface area contributed by atoms with E-state index in [0.29, 0.717) is 6.42 Å². The molecule has 2 aromatic carbocycles. The van der Waals surface area contributed by atoms with Crippen molar-refractivity contribution in [2.75, 3.05) is 0 Å². The number of rotatable bonds is 6. The van der Waals surface area contributed by atoms with Crippen molar-refractivity contribution >= 4 is 23.5 Å². The van der Waals surface area contributed by atoms with Crippen LogP contribution in [0.25, 0.3) is 0 Å². The molecule has 5 heteroatoms. The minimum atomic E-state index is -0.134. The molecule has 4 nitrogen and oxygen atoms in total. The van der Waals surface area contributed by atoms with Gasteiger partial charge in [-0.2, -0.15) is 5.10 Å². The number of nitrogens with one attached hydrogen (secondary N) is 1. The van der Waals surface area contributed by atoms with Gasteiger partial charge in [0, 0.05) is 4.88 Å². The fourth-order valence-electron chi connectivity index (χ4n) is 2.07. The Kier molecular flexibility index (Phi) is 5.37. The zero-order chi connectivity index (χ0) is 16.6. The van der Waals surface area contributed by atoms with Crippen LogP contribution in [0.4, 0.5) is 0 Å². The molecule has 1 amide bonds. The Morgan fingerprint density at radius 2 is 1.88 bits per heavy atom. The second kappa shape index (κ2) is 8.08. The number of thiophene rings is 1. The molecular weight excluding hydrogens is 320 g/mol. The van der Waals surface area contributed by atoms with Gasteiger partial charge in [-0.3, -0.25) is 4.79 Å². The smallest absolute Gasteiger partial charge is 0.245 e. The number of carbonyl (C=O) groups excluding carboxylic acids is 1. The Labute approximate surface area is 144 Å². The summed E-state index contributed by atoms with van der Waals surface area (Å²) < 4.78 is 5.77. The molecule has 3 aromatic rings. The summed E-state index contributed by atoms with van der Waals surface area (Å²) >= 11 is 1.55. The molecule has 0 radical (unpaired) electrons. The summed E-state index contributed by atoms with van der Waals surface area (Å²) in [6.07, 6.45) is 1.94. The molecule has 0 saturated carbocycles. The molecule has 0 aliphatic heterocycles. The number of ether oxygens (including phenoxy) is 1. The average molecular weight is 336 g/mol. The van der Waals surface area contributed by atoms with E-state index in [1.165, 1.54) is 0 Å². The van der Waals surface area contributed by atoms with Gasteiger partial charge in [-0.1, -0.05) is 36.4 Å². The van der Waals surface area contributed by atoms with Gasteiger partial charge in [0.2, 0.25) is 5.91 Å². The van der Waals surface area contributed by atoms with Gasteiger partial charge in [-0.25, -0.2) is 5.43 Å². The van der Waals surface area contributed by atoms with Gasteiger partial charge in [0.15, 0.2) is 0 Å². The standard InChI is InChI=1S/C19H16N2O2S/c22-19(13-18-10-5-11-24-18)21-20-14-15-6-4-9-17(12-15)23-16-7-2-1-3-8-16/h1-12,14H,13H2,(H,21,22). The van der Waals surface area contributed by atoms with Crippen molar-refractivity contribution in [1.29, 1.82) is 0 Å². The molecule has 1 N–H and O–H groups in total. The molecule has 0 unspecified atom stereocenters. The summed E-state index contributed by atoms with van der Waals surface area (Å²) in [6.45, 7) is 0. The first-order chi connectivity index (χ1) is 11.8. The van der Waals surface area contributed by atoms with Crippen LogP contribution in [0.5, 0.6) is 11.5 Å². The minimum absolute atomic E-state index is 0.134. The van der Waals surface area contributed by atoms with E-state index in [0.717, 1.165) is 21.9 Å². The summed E-state index contributed by atoms with van der Waals surface area (Å²) in [5.74, 6) is 1.36. The summed E-state index contributed by atoms with van der Waals surface area (Å²) in [5, 5.41) is 5.94. The first kappa shape index (κ1) is 16.0. The average Bonchev–Trinajstić information content (AvgIpc) is 3.09. The van der Waals surface area contributed by atoms with E-state index in [2.05, 4.69) is 10.5 Å². The van der Waals surface area contributed by atoms with E-state index in [4.69, 9.17) is 4.74 Å². The van der Waals surface area contributed by atoms with Gasteiger partial charge >= 0.3 is 0 Å². The van der Waals surface area contributed by atoms with Crippen LogP contribution >= 0.6 is 11.3 Å². The predicted molar refractivity (Wildman–Crippen MR) is 96.7 cm³/mol. The third kappa shape index (κ3) is 4.79. The van der Waals surface area contributed by atoms with Crippen molar-refractivity contribution in [3.05, 3.63) is 82.6 Å². The SMILES string of the molecule is O=C(Cc1cccs1)NN=Cc1cccc(Oc2ccccc2)c1. The molecule has 0 bridgehead atoms. The number of nitrogens with zero attached hydrogens (tertiary/aromatic N) is 1. The first-order valence-electron chi connectivity index (χ1n) is 7.47. The van der Waals surface area contributed by atoms with Crippen molar-refractivity contribution in [1.82, 2.24) is 5.43 Å². The van der Waals surface area contributed by atoms with Crippen LogP contribution in [0.1, 0.15) is 10.4 Å². The minimum Gasteiger partial charge on any atom is -0.457 e. The lowest BCUT2D eigenvalue weighted by atomic mass is 10.2. The van der Waals surface area contributed by atoms with Gasteiger partial charge < -0.3 is 4.74 Å². The molecule has 1 heterocycles. The molecule has 3 rings (SSSR count). The van der Waals surface area contributed by atoms with Crippen LogP contribution in [0.15, 0.2) is 77.2 Å². The van der Waals surface area contributed by atoms with Crippen molar-refractivity contribution in [3.8, 4) is 11.5 Å². The second-order valence-electron chi connectivity index (χ2n) is 5.04. The zero-order valence-corrected chi connectivity index (χ0v) is 13.7. The summed E-state index contributed by atoms with van der Waals surface area (Å²) in [4.78, 5) is 12.8. The number of hydrogen-bond acceptors (Lipinski definition) is 4. The molecule has 1 aromatic heterocycles. The number of benzene rings is 2. The van der Waals surface area contributed by atoms with Crippen LogP contribution in [-0.2, 0) is 11.2 Å². The van der Waals surface area contributed by atoms with Gasteiger partial charge in [0.25, 0.3) is 0 Å². The predicted octanol–water partition coefficient (Wildman–Crippen LogP) is 4.23. The van der Waals surface area contributed by atoms with Crippen LogP contribution in [0, 0.1) is 0 Å². The molecule has 0 fully saturated rings. The zero-order valence-electron chi connectivity index (χ0n) is 12.9. The maximum atomic E-state index is 11.8. The highest BCUT2D eigenvalue weighted by Crippen LogP contribution is 2.21. The highest BCUT2D eigenvalue weighted by atomic mass is 32.1. The lowest BCUT2D eigenvalue weighted by Gasteiger charge is -2.05. The third-order valence-corrected chi connectivity index (χ3v) is 4.03. The topological polar surface area (TPSA) is 50.7 Å². The lowest BCUT2D eigenvalue weighted by molar-refractivity contribution is -0.120. The molecule has 0 spiro atoms. The molecule has 0 atom stereocenters. The van der Waals surface area contributed by atoms with Gasteiger partial charge in [-0.05, 0) is 41.3 Å². The van der Waals surface area contributed by atoms with E-state index >= 15 is 0 Å². The Bertz CT molecular complexity index is 814. The Hall–Kier alpha value is -2.92. The van der Waals surface area contributed by atoms with Crippen LogP contribution < -0.4 is 10.2 Å². The van der Waals surface area contributed by atoms with Crippen molar-refractivity contribution in [3.63, 3.8) is 0 Å². The summed E-state index contributed by atoms with van der Waals surface area (Å²) in [6, 6.07) is 20.9. The fraction of sp³-hybridized carbons (Fsp3) is 0.0526. The maximum Gasteiger partial charge on any atom is 0.245 e. The van der Waals surface area contributed by atoms with Crippen LogP contribution in [-0.4, -0.2) is 12.1 Å². The van der Waals surface area contributed by atoms with Crippen molar-refractivity contribution in [2.24, 2.45) is 5.10 Å². The highest BCUT2D eigenvalue weighted by molar-refractivity contribution is 7.10. The monoisotopic (exact) mass is 336 g/mol. The van der Waals surface area contributed by atoms with E-state index in [1.807, 2.05) is 72.1 Å². The van der Waals surface area contributed by atoms with Crippen LogP contribution in [0.2, 0.25) is 0 Å². The quantitative estimate of drug-likeness (QED) is 0.541. The molecule has 120 valence electrons. The van der Waals surface area contributed by atoms with Gasteiger partial charge in [0.05, 0.1) is 12.6 Å². The molecule has 24 heavy (non-hydrogen) atoms. The van der Waals surface area contributed by atoms with Crippen LogP contribution in [0.3, 0.4) is 0 Å². The Morgan fingerprint density at radius 3 is 2.67 bits per heavy atom. The summed E-state index contributed by atoms with van der Waals surface area (Å²) in [5.41, 5.74) is 3.38. The van der Waals surface area contributed by atoms with Crippen molar-refractivity contribution in [2.45, 2.75) is 6.42 Å². The van der Waals surface area contributed by atoms with Crippen molar-refractivity contribution < 1.29 is 9.53 Å². The van der Waals surface area contributed by atoms with E-state index in [1.54, 1.807) is 17.6 Å². The number of hydrogen-bond donors (Lipinski definition) is 1. The van der Waals surface area contributed by atoms with Gasteiger partial charge in [0.1, 0.15) is 11.5 Å². The Balaban J connectivity index is 1.57. The fourth-order valence-corrected chi connectivity index (χ4v) is 2.78. The number of hydrazone groups is 1. The number of carbonyl (C=O) groups is 1. The summed E-state index contributed by atoms with van der Waals surface area (Å²) in [7, 11) is 0. The van der Waals surface area contributed by atoms with Gasteiger partial charge in [-0.15, -0.1) is 11.3 Å². The Morgan fingerprint density at radius 1 is 1.04 bits per heavy atom. The maximum absolute atomic E-state index is 11.8. The number of para-hydroxylation sites is 1. The molecule has 0 saturated heterocycles. The lowest BCUT2D eigenvalue weighted by Crippen LogP contribution is -2.19. The molecular formula is C19H16N2O2S. The van der Waals surface area contributed by atoms with E-state index < -0.39 is 0 Å². The third-order valence-electron chi connectivity index (χ3n) is 3.15. The van der Waals surface area contributed by atoms with E-state index in [9.17, 15) is 4.79 Å². The number of amides is 1. The molecule has 0 aliphatic rings.